The van der Waals surface area contributed by atoms with Gasteiger partial charge in [-0.3, -0.25) is 8.51 Å². The molecule has 1 fully saturated rings. The second-order valence-corrected chi connectivity index (χ2v) is 7.27. The molecule has 1 aromatic carbocycles. The Labute approximate surface area is 113 Å². The standard InChI is InChI=1S/C10H12ClNO4S2/c11-9-7-8(3-4-10(9)17(13)14)12-5-1-2-6-18(12,15)16/h3-4,7H,1-2,5-6H2,(H,13,14)/p-1. The molecule has 0 aliphatic carbocycles. The zero-order valence-electron chi connectivity index (χ0n) is 9.34. The van der Waals surface area contributed by atoms with Crippen molar-refractivity contribution in [3.05, 3.63) is 23.2 Å². The van der Waals surface area contributed by atoms with Gasteiger partial charge in [0, 0.05) is 11.4 Å². The SMILES string of the molecule is O=S([O-])c1ccc(N2CCCCS2(=O)=O)cc1Cl. The lowest BCUT2D eigenvalue weighted by Crippen LogP contribution is -2.37. The molecule has 18 heavy (non-hydrogen) atoms. The topological polar surface area (TPSA) is 77.5 Å². The summed E-state index contributed by atoms with van der Waals surface area (Å²) in [4.78, 5) is -0.0326. The number of hydrogen-bond acceptors (Lipinski definition) is 4. The molecule has 100 valence electrons. The van der Waals surface area contributed by atoms with Crippen molar-refractivity contribution < 1.29 is 17.2 Å². The Bertz CT molecular complexity index is 588. The van der Waals surface area contributed by atoms with Gasteiger partial charge in [-0.15, -0.1) is 0 Å². The summed E-state index contributed by atoms with van der Waals surface area (Å²) >= 11 is 3.40. The number of rotatable bonds is 2. The van der Waals surface area contributed by atoms with Crippen molar-refractivity contribution in [2.24, 2.45) is 0 Å². The lowest BCUT2D eigenvalue weighted by molar-refractivity contribution is 0.537. The molecule has 1 atom stereocenters. The summed E-state index contributed by atoms with van der Waals surface area (Å²) in [6.07, 6.45) is 1.43. The first kappa shape index (κ1) is 13.8. The smallest absolute Gasteiger partial charge is 0.235 e. The Hall–Kier alpha value is -0.630. The van der Waals surface area contributed by atoms with E-state index in [1.54, 1.807) is 0 Å². The fraction of sp³-hybridized carbons (Fsp3) is 0.400. The van der Waals surface area contributed by atoms with Crippen molar-refractivity contribution in [1.82, 2.24) is 0 Å². The molecule has 2 rings (SSSR count). The number of nitrogens with zero attached hydrogens (tertiary/aromatic N) is 1. The summed E-state index contributed by atoms with van der Waals surface area (Å²) in [5.41, 5.74) is 0.411. The van der Waals surface area contributed by atoms with Gasteiger partial charge in [-0.2, -0.15) is 0 Å². The average Bonchev–Trinajstić information content (AvgIpc) is 2.27. The quantitative estimate of drug-likeness (QED) is 0.776. The molecule has 1 saturated heterocycles. The molecule has 8 heteroatoms. The van der Waals surface area contributed by atoms with Gasteiger partial charge < -0.3 is 4.55 Å². The number of halogens is 1. The van der Waals surface area contributed by atoms with Gasteiger partial charge in [0.05, 0.1) is 16.5 Å². The Morgan fingerprint density at radius 2 is 2.06 bits per heavy atom. The van der Waals surface area contributed by atoms with Gasteiger partial charge in [0.25, 0.3) is 0 Å². The summed E-state index contributed by atoms with van der Waals surface area (Å²) in [5, 5.41) is 0.0293. The number of benzene rings is 1. The first-order valence-corrected chi connectivity index (χ1v) is 8.37. The zero-order chi connectivity index (χ0) is 13.3. The number of hydrogen-bond donors (Lipinski definition) is 0. The molecule has 0 spiro atoms. The van der Waals surface area contributed by atoms with E-state index in [1.165, 1.54) is 22.5 Å². The van der Waals surface area contributed by atoms with Gasteiger partial charge in [-0.05, 0) is 42.1 Å². The average molecular weight is 309 g/mol. The van der Waals surface area contributed by atoms with Crippen molar-refractivity contribution >= 4 is 38.4 Å². The van der Waals surface area contributed by atoms with Crippen LogP contribution in [0.15, 0.2) is 23.1 Å². The molecule has 1 aliphatic heterocycles. The van der Waals surface area contributed by atoms with E-state index in [2.05, 4.69) is 0 Å². The molecule has 0 N–H and O–H groups in total. The Morgan fingerprint density at radius 1 is 1.33 bits per heavy atom. The van der Waals surface area contributed by atoms with E-state index in [-0.39, 0.29) is 15.7 Å². The van der Waals surface area contributed by atoms with E-state index in [0.717, 1.165) is 6.42 Å². The highest BCUT2D eigenvalue weighted by Gasteiger charge is 2.26. The van der Waals surface area contributed by atoms with E-state index in [4.69, 9.17) is 11.6 Å². The van der Waals surface area contributed by atoms with Crippen LogP contribution < -0.4 is 4.31 Å². The third kappa shape index (κ3) is 2.69. The molecule has 0 radical (unpaired) electrons. The van der Waals surface area contributed by atoms with Crippen LogP contribution in [0.5, 0.6) is 0 Å². The normalized spacial score (nSPS) is 20.7. The first-order valence-electron chi connectivity index (χ1n) is 5.31. The van der Waals surface area contributed by atoms with Crippen molar-refractivity contribution in [2.75, 3.05) is 16.6 Å². The van der Waals surface area contributed by atoms with Crippen molar-refractivity contribution in [3.8, 4) is 0 Å². The third-order valence-electron chi connectivity index (χ3n) is 2.73. The second-order valence-electron chi connectivity index (χ2n) is 3.94. The maximum absolute atomic E-state index is 11.9. The minimum atomic E-state index is -3.31. The predicted molar refractivity (Wildman–Crippen MR) is 69.0 cm³/mol. The van der Waals surface area contributed by atoms with Crippen LogP contribution in [0.1, 0.15) is 12.8 Å². The van der Waals surface area contributed by atoms with Crippen LogP contribution in [0.4, 0.5) is 5.69 Å². The second kappa shape index (κ2) is 5.16. The molecule has 0 saturated carbocycles. The van der Waals surface area contributed by atoms with Crippen LogP contribution in [0.25, 0.3) is 0 Å². The minimum Gasteiger partial charge on any atom is -0.768 e. The molecule has 1 unspecified atom stereocenters. The van der Waals surface area contributed by atoms with Gasteiger partial charge >= 0.3 is 0 Å². The number of anilines is 1. The fourth-order valence-corrected chi connectivity index (χ4v) is 4.25. The summed E-state index contributed by atoms with van der Waals surface area (Å²) in [7, 11) is -3.31. The summed E-state index contributed by atoms with van der Waals surface area (Å²) in [6, 6.07) is 4.14. The van der Waals surface area contributed by atoms with Crippen LogP contribution in [0, 0.1) is 0 Å². The van der Waals surface area contributed by atoms with Crippen LogP contribution in [-0.2, 0) is 21.1 Å². The Kier molecular flexibility index (Phi) is 3.96. The predicted octanol–water partition coefficient (Wildman–Crippen LogP) is 1.51. The lowest BCUT2D eigenvalue weighted by atomic mass is 10.3. The molecule has 0 amide bonds. The highest BCUT2D eigenvalue weighted by Crippen LogP contribution is 2.29. The monoisotopic (exact) mass is 308 g/mol. The van der Waals surface area contributed by atoms with Gasteiger partial charge in [0.1, 0.15) is 0 Å². The van der Waals surface area contributed by atoms with Gasteiger partial charge in [-0.1, -0.05) is 11.6 Å². The summed E-state index contributed by atoms with van der Waals surface area (Å²) in [5.74, 6) is 0.111. The fourth-order valence-electron chi connectivity index (χ4n) is 1.86. The maximum atomic E-state index is 11.9. The first-order chi connectivity index (χ1) is 8.42. The molecule has 0 bridgehead atoms. The molecular weight excluding hydrogens is 298 g/mol. The van der Waals surface area contributed by atoms with Gasteiger partial charge in [0.15, 0.2) is 0 Å². The highest BCUT2D eigenvalue weighted by atomic mass is 35.5. The maximum Gasteiger partial charge on any atom is 0.235 e. The highest BCUT2D eigenvalue weighted by molar-refractivity contribution is 7.92. The lowest BCUT2D eigenvalue weighted by Gasteiger charge is -2.28. The van der Waals surface area contributed by atoms with Crippen LogP contribution in [0.2, 0.25) is 5.02 Å². The third-order valence-corrected chi connectivity index (χ3v) is 5.74. The van der Waals surface area contributed by atoms with Gasteiger partial charge in [0.2, 0.25) is 10.0 Å². The van der Waals surface area contributed by atoms with Crippen LogP contribution >= 0.6 is 11.6 Å². The van der Waals surface area contributed by atoms with E-state index < -0.39 is 21.1 Å². The largest absolute Gasteiger partial charge is 0.768 e. The summed E-state index contributed by atoms with van der Waals surface area (Å²) in [6.45, 7) is 0.401. The van der Waals surface area contributed by atoms with Gasteiger partial charge in [-0.25, -0.2) is 8.42 Å². The molecule has 5 nitrogen and oxygen atoms in total. The van der Waals surface area contributed by atoms with Crippen molar-refractivity contribution in [1.29, 1.82) is 0 Å². The molecule has 1 heterocycles. The van der Waals surface area contributed by atoms with E-state index in [9.17, 15) is 17.2 Å². The zero-order valence-corrected chi connectivity index (χ0v) is 11.7. The van der Waals surface area contributed by atoms with E-state index in [1.807, 2.05) is 0 Å². The van der Waals surface area contributed by atoms with Crippen molar-refractivity contribution in [3.63, 3.8) is 0 Å². The Morgan fingerprint density at radius 3 is 2.61 bits per heavy atom. The van der Waals surface area contributed by atoms with Crippen LogP contribution in [-0.4, -0.2) is 29.5 Å². The molecule has 1 aromatic rings. The number of sulfonamides is 1. The summed E-state index contributed by atoms with van der Waals surface area (Å²) < 4.78 is 46.7. The molecule has 0 aromatic heterocycles. The Balaban J connectivity index is 2.40. The molecular formula is C10H11ClNO4S2-. The van der Waals surface area contributed by atoms with Crippen molar-refractivity contribution in [2.45, 2.75) is 17.7 Å². The molecule has 1 aliphatic rings. The minimum absolute atomic E-state index is 0.0293. The van der Waals surface area contributed by atoms with E-state index >= 15 is 0 Å². The van der Waals surface area contributed by atoms with Crippen LogP contribution in [0.3, 0.4) is 0 Å². The van der Waals surface area contributed by atoms with E-state index in [0.29, 0.717) is 18.7 Å².